The molecule has 74 valence electrons. The molecule has 0 bridgehead atoms. The van der Waals surface area contributed by atoms with E-state index in [1.54, 1.807) is 6.92 Å². The van der Waals surface area contributed by atoms with E-state index < -0.39 is 5.38 Å². The lowest BCUT2D eigenvalue weighted by Crippen LogP contribution is -2.40. The van der Waals surface area contributed by atoms with E-state index >= 15 is 0 Å². The molecule has 0 aromatic heterocycles. The van der Waals surface area contributed by atoms with Crippen LogP contribution in [0.15, 0.2) is 0 Å². The third-order valence-electron chi connectivity index (χ3n) is 1.73. The number of amides is 2. The van der Waals surface area contributed by atoms with Gasteiger partial charge in [-0.15, -0.1) is 11.6 Å². The zero-order valence-corrected chi connectivity index (χ0v) is 8.23. The molecule has 5 heteroatoms. The molecule has 2 N–H and O–H groups in total. The molecule has 0 spiro atoms. The van der Waals surface area contributed by atoms with Crippen LogP contribution in [0.5, 0.6) is 0 Å². The van der Waals surface area contributed by atoms with Gasteiger partial charge in [0.05, 0.1) is 6.54 Å². The normalized spacial score (nSPS) is 17.7. The van der Waals surface area contributed by atoms with Crippen molar-refractivity contribution in [1.29, 1.82) is 0 Å². The molecule has 1 fully saturated rings. The Bertz CT molecular complexity index is 214. The summed E-state index contributed by atoms with van der Waals surface area (Å²) in [6, 6.07) is 0.331. The van der Waals surface area contributed by atoms with Crippen molar-refractivity contribution in [2.75, 3.05) is 6.54 Å². The molecule has 0 aromatic carbocycles. The van der Waals surface area contributed by atoms with Crippen LogP contribution in [-0.2, 0) is 9.59 Å². The number of nitrogens with one attached hydrogen (secondary N) is 2. The Morgan fingerprint density at radius 1 is 1.54 bits per heavy atom. The van der Waals surface area contributed by atoms with Gasteiger partial charge in [-0.25, -0.2) is 0 Å². The predicted molar refractivity (Wildman–Crippen MR) is 49.5 cm³/mol. The number of hydrogen-bond acceptors (Lipinski definition) is 2. The summed E-state index contributed by atoms with van der Waals surface area (Å²) in [6.45, 7) is 1.59. The average Bonchev–Trinajstić information content (AvgIpc) is 2.83. The summed E-state index contributed by atoms with van der Waals surface area (Å²) in [7, 11) is 0. The SMILES string of the molecule is CC(Cl)C(=O)NCC(=O)NC1CC1. The summed E-state index contributed by atoms with van der Waals surface area (Å²) >= 11 is 5.49. The van der Waals surface area contributed by atoms with Gasteiger partial charge in [-0.3, -0.25) is 9.59 Å². The largest absolute Gasteiger partial charge is 0.352 e. The third-order valence-corrected chi connectivity index (χ3v) is 1.93. The molecule has 2 amide bonds. The fraction of sp³-hybridized carbons (Fsp3) is 0.750. The Morgan fingerprint density at radius 2 is 2.15 bits per heavy atom. The van der Waals surface area contributed by atoms with Gasteiger partial charge in [0, 0.05) is 6.04 Å². The summed E-state index contributed by atoms with van der Waals surface area (Å²) in [6.07, 6.45) is 2.09. The zero-order valence-electron chi connectivity index (χ0n) is 7.47. The van der Waals surface area contributed by atoms with Crippen molar-refractivity contribution in [1.82, 2.24) is 10.6 Å². The van der Waals surface area contributed by atoms with Gasteiger partial charge in [0.2, 0.25) is 11.8 Å². The second-order valence-electron chi connectivity index (χ2n) is 3.18. The average molecular weight is 205 g/mol. The van der Waals surface area contributed by atoms with Crippen LogP contribution in [0, 0.1) is 0 Å². The molecule has 1 saturated carbocycles. The van der Waals surface area contributed by atoms with Crippen molar-refractivity contribution in [3.8, 4) is 0 Å². The molecular formula is C8H13ClN2O2. The highest BCUT2D eigenvalue weighted by atomic mass is 35.5. The first-order valence-electron chi connectivity index (χ1n) is 4.30. The van der Waals surface area contributed by atoms with Crippen LogP contribution in [0.1, 0.15) is 19.8 Å². The Balaban J connectivity index is 2.09. The van der Waals surface area contributed by atoms with Gasteiger partial charge in [0.15, 0.2) is 0 Å². The van der Waals surface area contributed by atoms with Gasteiger partial charge < -0.3 is 10.6 Å². The minimum atomic E-state index is -0.589. The molecule has 0 aromatic rings. The fourth-order valence-corrected chi connectivity index (χ4v) is 0.892. The van der Waals surface area contributed by atoms with Crippen LogP contribution in [-0.4, -0.2) is 29.8 Å². The summed E-state index contributed by atoms with van der Waals surface area (Å²) in [5, 5.41) is 4.59. The molecule has 13 heavy (non-hydrogen) atoms. The smallest absolute Gasteiger partial charge is 0.239 e. The number of halogens is 1. The lowest BCUT2D eigenvalue weighted by Gasteiger charge is -2.06. The second kappa shape index (κ2) is 4.46. The lowest BCUT2D eigenvalue weighted by atomic mass is 10.4. The van der Waals surface area contributed by atoms with Gasteiger partial charge in [-0.1, -0.05) is 0 Å². The first-order chi connectivity index (χ1) is 6.09. The number of carbonyl (C=O) groups is 2. The Morgan fingerprint density at radius 3 is 2.62 bits per heavy atom. The number of alkyl halides is 1. The molecule has 1 unspecified atom stereocenters. The van der Waals surface area contributed by atoms with Crippen molar-refractivity contribution in [2.24, 2.45) is 0 Å². The van der Waals surface area contributed by atoms with Crippen molar-refractivity contribution >= 4 is 23.4 Å². The molecule has 1 rings (SSSR count). The van der Waals surface area contributed by atoms with Crippen molar-refractivity contribution in [2.45, 2.75) is 31.2 Å². The number of carbonyl (C=O) groups excluding carboxylic acids is 2. The van der Waals surface area contributed by atoms with Crippen LogP contribution in [0.2, 0.25) is 0 Å². The Kier molecular flexibility index (Phi) is 3.54. The predicted octanol–water partition coefficient (Wildman–Crippen LogP) is 0.00850. The number of rotatable bonds is 4. The monoisotopic (exact) mass is 204 g/mol. The highest BCUT2D eigenvalue weighted by molar-refractivity contribution is 6.30. The first-order valence-corrected chi connectivity index (χ1v) is 4.74. The zero-order chi connectivity index (χ0) is 9.84. The van der Waals surface area contributed by atoms with Gasteiger partial charge in [-0.05, 0) is 19.8 Å². The quantitative estimate of drug-likeness (QED) is 0.634. The maximum Gasteiger partial charge on any atom is 0.239 e. The van der Waals surface area contributed by atoms with Crippen LogP contribution < -0.4 is 10.6 Å². The maximum atomic E-state index is 11.1. The summed E-state index contributed by atoms with van der Waals surface area (Å²) in [5.74, 6) is -0.458. The highest BCUT2D eigenvalue weighted by Crippen LogP contribution is 2.18. The van der Waals surface area contributed by atoms with E-state index in [1.165, 1.54) is 0 Å². The van der Waals surface area contributed by atoms with E-state index in [9.17, 15) is 9.59 Å². The molecule has 1 atom stereocenters. The van der Waals surface area contributed by atoms with Crippen LogP contribution >= 0.6 is 11.6 Å². The molecule has 0 radical (unpaired) electrons. The summed E-state index contributed by atoms with van der Waals surface area (Å²) < 4.78 is 0. The topological polar surface area (TPSA) is 58.2 Å². The highest BCUT2D eigenvalue weighted by Gasteiger charge is 2.23. The van der Waals surface area contributed by atoms with E-state index in [4.69, 9.17) is 11.6 Å². The molecule has 4 nitrogen and oxygen atoms in total. The van der Waals surface area contributed by atoms with E-state index in [1.807, 2.05) is 0 Å². The fourth-order valence-electron chi connectivity index (χ4n) is 0.814. The molecule has 1 aliphatic carbocycles. The van der Waals surface area contributed by atoms with Crippen molar-refractivity contribution in [3.63, 3.8) is 0 Å². The van der Waals surface area contributed by atoms with Crippen molar-refractivity contribution in [3.05, 3.63) is 0 Å². The molecular weight excluding hydrogens is 192 g/mol. The molecule has 1 aliphatic rings. The van der Waals surface area contributed by atoms with E-state index in [2.05, 4.69) is 10.6 Å². The van der Waals surface area contributed by atoms with Gasteiger partial charge in [-0.2, -0.15) is 0 Å². The third kappa shape index (κ3) is 4.12. The van der Waals surface area contributed by atoms with E-state index in [-0.39, 0.29) is 18.4 Å². The number of hydrogen-bond donors (Lipinski definition) is 2. The maximum absolute atomic E-state index is 11.1. The first kappa shape index (κ1) is 10.3. The lowest BCUT2D eigenvalue weighted by molar-refractivity contribution is -0.125. The standard InChI is InChI=1S/C8H13ClN2O2/c1-5(9)8(13)10-4-7(12)11-6-2-3-6/h5-6H,2-4H2,1H3,(H,10,13)(H,11,12). The summed E-state index contributed by atoms with van der Waals surface area (Å²) in [5.41, 5.74) is 0. The molecule has 0 heterocycles. The van der Waals surface area contributed by atoms with Gasteiger partial charge in [0.25, 0.3) is 0 Å². The molecule has 0 aliphatic heterocycles. The molecule has 0 saturated heterocycles. The second-order valence-corrected chi connectivity index (χ2v) is 3.83. The van der Waals surface area contributed by atoms with E-state index in [0.717, 1.165) is 12.8 Å². The van der Waals surface area contributed by atoms with Gasteiger partial charge >= 0.3 is 0 Å². The minimum Gasteiger partial charge on any atom is -0.352 e. The van der Waals surface area contributed by atoms with Crippen LogP contribution in [0.3, 0.4) is 0 Å². The Hall–Kier alpha value is -0.770. The van der Waals surface area contributed by atoms with E-state index in [0.29, 0.717) is 6.04 Å². The minimum absolute atomic E-state index is 0.0202. The van der Waals surface area contributed by atoms with Crippen LogP contribution in [0.25, 0.3) is 0 Å². The van der Waals surface area contributed by atoms with Crippen molar-refractivity contribution < 1.29 is 9.59 Å². The van der Waals surface area contributed by atoms with Crippen LogP contribution in [0.4, 0.5) is 0 Å². The summed E-state index contributed by atoms with van der Waals surface area (Å²) in [4.78, 5) is 22.0. The Labute approximate surface area is 82.0 Å². The van der Waals surface area contributed by atoms with Gasteiger partial charge in [0.1, 0.15) is 5.38 Å².